The van der Waals surface area contributed by atoms with Gasteiger partial charge in [0.1, 0.15) is 0 Å². The molecule has 1 heterocycles. The lowest BCUT2D eigenvalue weighted by atomic mass is 9.86. The number of rotatable bonds is 3. The van der Waals surface area contributed by atoms with Crippen LogP contribution in [0, 0.1) is 5.92 Å². The minimum absolute atomic E-state index is 0.0549. The highest BCUT2D eigenvalue weighted by atomic mass is 16.2. The van der Waals surface area contributed by atoms with Crippen LogP contribution in [0.1, 0.15) is 81.6 Å². The van der Waals surface area contributed by atoms with E-state index in [1.165, 1.54) is 24.8 Å². The van der Waals surface area contributed by atoms with Crippen LogP contribution in [-0.4, -0.2) is 35.8 Å². The molecular weight excluding hydrogens is 336 g/mol. The molecule has 2 amide bonds. The van der Waals surface area contributed by atoms with Crippen molar-refractivity contribution in [3.8, 4) is 0 Å². The minimum Gasteiger partial charge on any atom is -0.353 e. The van der Waals surface area contributed by atoms with E-state index in [2.05, 4.69) is 38.2 Å². The number of amides is 2. The first-order valence-electron chi connectivity index (χ1n) is 10.5. The van der Waals surface area contributed by atoms with Crippen molar-refractivity contribution in [1.29, 1.82) is 0 Å². The predicted molar refractivity (Wildman–Crippen MR) is 109 cm³/mol. The van der Waals surface area contributed by atoms with Crippen LogP contribution in [0.2, 0.25) is 0 Å². The second kappa shape index (κ2) is 8.45. The SMILES string of the molecule is CC(C)(C)c1ccc(C(=O)N2CCC(C(=O)NC3CCCCC3)CC2)cc1. The van der Waals surface area contributed by atoms with E-state index in [1.54, 1.807) is 0 Å². The van der Waals surface area contributed by atoms with E-state index < -0.39 is 0 Å². The van der Waals surface area contributed by atoms with Crippen molar-refractivity contribution in [2.45, 2.75) is 77.2 Å². The Morgan fingerprint density at radius 1 is 0.926 bits per heavy atom. The average molecular weight is 371 g/mol. The molecule has 1 saturated heterocycles. The number of likely N-dealkylation sites (tertiary alicyclic amines) is 1. The van der Waals surface area contributed by atoms with Crippen LogP contribution < -0.4 is 5.32 Å². The van der Waals surface area contributed by atoms with Gasteiger partial charge < -0.3 is 10.2 Å². The number of piperidine rings is 1. The zero-order chi connectivity index (χ0) is 19.4. The molecule has 2 fully saturated rings. The fraction of sp³-hybridized carbons (Fsp3) is 0.652. The maximum Gasteiger partial charge on any atom is 0.253 e. The Morgan fingerprint density at radius 2 is 1.52 bits per heavy atom. The lowest BCUT2D eigenvalue weighted by Gasteiger charge is -2.33. The van der Waals surface area contributed by atoms with Gasteiger partial charge in [0.15, 0.2) is 0 Å². The molecule has 1 saturated carbocycles. The fourth-order valence-electron chi connectivity index (χ4n) is 4.21. The maximum absolute atomic E-state index is 12.8. The van der Waals surface area contributed by atoms with E-state index in [4.69, 9.17) is 0 Å². The van der Waals surface area contributed by atoms with Crippen molar-refractivity contribution in [3.05, 3.63) is 35.4 Å². The third kappa shape index (κ3) is 5.12. The molecule has 0 unspecified atom stereocenters. The Morgan fingerprint density at radius 3 is 2.07 bits per heavy atom. The summed E-state index contributed by atoms with van der Waals surface area (Å²) < 4.78 is 0. The van der Waals surface area contributed by atoms with E-state index in [9.17, 15) is 9.59 Å². The van der Waals surface area contributed by atoms with Crippen molar-refractivity contribution >= 4 is 11.8 Å². The highest BCUT2D eigenvalue weighted by Gasteiger charge is 2.29. The van der Waals surface area contributed by atoms with Crippen molar-refractivity contribution < 1.29 is 9.59 Å². The number of carbonyl (C=O) groups excluding carboxylic acids is 2. The zero-order valence-corrected chi connectivity index (χ0v) is 17.1. The average Bonchev–Trinajstić information content (AvgIpc) is 2.68. The first kappa shape index (κ1) is 19.9. The van der Waals surface area contributed by atoms with Crippen molar-refractivity contribution in [3.63, 3.8) is 0 Å². The second-order valence-corrected chi connectivity index (χ2v) is 9.24. The Labute approximate surface area is 163 Å². The van der Waals surface area contributed by atoms with Gasteiger partial charge in [-0.2, -0.15) is 0 Å². The topological polar surface area (TPSA) is 49.4 Å². The van der Waals surface area contributed by atoms with Gasteiger partial charge in [0.25, 0.3) is 5.91 Å². The van der Waals surface area contributed by atoms with Gasteiger partial charge in [-0.05, 0) is 48.8 Å². The van der Waals surface area contributed by atoms with Gasteiger partial charge in [0.05, 0.1) is 0 Å². The predicted octanol–water partition coefficient (Wildman–Crippen LogP) is 4.29. The largest absolute Gasteiger partial charge is 0.353 e. The van der Waals surface area contributed by atoms with Gasteiger partial charge in [0, 0.05) is 30.6 Å². The molecule has 1 aliphatic heterocycles. The van der Waals surface area contributed by atoms with Crippen LogP contribution in [0.4, 0.5) is 0 Å². The minimum atomic E-state index is 0.0549. The summed E-state index contributed by atoms with van der Waals surface area (Å²) >= 11 is 0. The third-order valence-electron chi connectivity index (χ3n) is 6.10. The number of carbonyl (C=O) groups is 2. The van der Waals surface area contributed by atoms with Crippen molar-refractivity contribution in [2.24, 2.45) is 5.92 Å². The molecule has 0 spiro atoms. The van der Waals surface area contributed by atoms with Gasteiger partial charge in [-0.25, -0.2) is 0 Å². The van der Waals surface area contributed by atoms with E-state index in [1.807, 2.05) is 17.0 Å². The van der Waals surface area contributed by atoms with Crippen LogP contribution in [0.5, 0.6) is 0 Å². The molecule has 1 aliphatic carbocycles. The standard InChI is InChI=1S/C23H34N2O2/c1-23(2,3)19-11-9-18(10-12-19)22(27)25-15-13-17(14-16-25)21(26)24-20-7-5-4-6-8-20/h9-12,17,20H,4-8,13-16H2,1-3H3,(H,24,26). The molecule has 1 aromatic rings. The smallest absolute Gasteiger partial charge is 0.253 e. The molecule has 0 bridgehead atoms. The van der Waals surface area contributed by atoms with Crippen LogP contribution >= 0.6 is 0 Å². The molecule has 0 aromatic heterocycles. The number of benzene rings is 1. The Kier molecular flexibility index (Phi) is 6.23. The summed E-state index contributed by atoms with van der Waals surface area (Å²) in [5.41, 5.74) is 2.07. The lowest BCUT2D eigenvalue weighted by Crippen LogP contribution is -2.45. The summed E-state index contributed by atoms with van der Waals surface area (Å²) in [7, 11) is 0. The zero-order valence-electron chi connectivity index (χ0n) is 17.1. The van der Waals surface area contributed by atoms with E-state index in [0.717, 1.165) is 31.2 Å². The fourth-order valence-corrected chi connectivity index (χ4v) is 4.21. The Balaban J connectivity index is 1.50. The molecule has 1 N–H and O–H groups in total. The molecule has 0 atom stereocenters. The van der Waals surface area contributed by atoms with E-state index in [-0.39, 0.29) is 23.1 Å². The molecule has 4 nitrogen and oxygen atoms in total. The Hall–Kier alpha value is -1.84. The van der Waals surface area contributed by atoms with Crippen molar-refractivity contribution in [1.82, 2.24) is 10.2 Å². The van der Waals surface area contributed by atoms with Gasteiger partial charge >= 0.3 is 0 Å². The number of hydrogen-bond donors (Lipinski definition) is 1. The molecule has 2 aliphatic rings. The second-order valence-electron chi connectivity index (χ2n) is 9.24. The molecule has 1 aromatic carbocycles. The molecule has 0 radical (unpaired) electrons. The number of nitrogens with zero attached hydrogens (tertiary/aromatic N) is 1. The summed E-state index contributed by atoms with van der Waals surface area (Å²) in [5, 5.41) is 3.24. The molecule has 148 valence electrons. The van der Waals surface area contributed by atoms with Crippen molar-refractivity contribution in [2.75, 3.05) is 13.1 Å². The van der Waals surface area contributed by atoms with Crippen LogP contribution in [0.3, 0.4) is 0 Å². The third-order valence-corrected chi connectivity index (χ3v) is 6.10. The summed E-state index contributed by atoms with van der Waals surface area (Å²) in [6.07, 6.45) is 7.53. The van der Waals surface area contributed by atoms with Gasteiger partial charge in [-0.15, -0.1) is 0 Å². The molecule has 3 rings (SSSR count). The molecule has 4 heteroatoms. The van der Waals surface area contributed by atoms with E-state index in [0.29, 0.717) is 19.1 Å². The van der Waals surface area contributed by atoms with Gasteiger partial charge in [-0.1, -0.05) is 52.2 Å². The first-order valence-corrected chi connectivity index (χ1v) is 10.5. The molecular formula is C23H34N2O2. The van der Waals surface area contributed by atoms with Crippen LogP contribution in [0.25, 0.3) is 0 Å². The Bertz CT molecular complexity index is 646. The monoisotopic (exact) mass is 370 g/mol. The van der Waals surface area contributed by atoms with Crippen LogP contribution in [0.15, 0.2) is 24.3 Å². The van der Waals surface area contributed by atoms with Gasteiger partial charge in [0.2, 0.25) is 5.91 Å². The normalized spacial score (nSPS) is 19.7. The lowest BCUT2D eigenvalue weighted by molar-refractivity contribution is -0.127. The first-order chi connectivity index (χ1) is 12.8. The summed E-state index contributed by atoms with van der Waals surface area (Å²) in [6.45, 7) is 7.86. The quantitative estimate of drug-likeness (QED) is 0.863. The van der Waals surface area contributed by atoms with Gasteiger partial charge in [-0.3, -0.25) is 9.59 Å². The number of hydrogen-bond acceptors (Lipinski definition) is 2. The molecule has 27 heavy (non-hydrogen) atoms. The summed E-state index contributed by atoms with van der Waals surface area (Å²) in [5.74, 6) is 0.337. The van der Waals surface area contributed by atoms with Crippen LogP contribution in [-0.2, 0) is 10.2 Å². The number of nitrogens with one attached hydrogen (secondary N) is 1. The summed E-state index contributed by atoms with van der Waals surface area (Å²) in [6, 6.07) is 8.34. The highest BCUT2D eigenvalue weighted by Crippen LogP contribution is 2.24. The maximum atomic E-state index is 12.8. The van der Waals surface area contributed by atoms with E-state index >= 15 is 0 Å². The highest BCUT2D eigenvalue weighted by molar-refractivity contribution is 5.94. The summed E-state index contributed by atoms with van der Waals surface area (Å²) in [4.78, 5) is 27.2.